The number of hydrogen-bond acceptors (Lipinski definition) is 5. The number of rotatable bonds is 2. The molecule has 3 heterocycles. The van der Waals surface area contributed by atoms with Crippen LogP contribution in [0.2, 0.25) is 0 Å². The van der Waals surface area contributed by atoms with Crippen molar-refractivity contribution in [2.75, 3.05) is 19.6 Å². The number of aryl methyl sites for hydroxylation is 1. The molecule has 1 aromatic carbocycles. The smallest absolute Gasteiger partial charge is 0.248 e. The van der Waals surface area contributed by atoms with Crippen molar-refractivity contribution in [2.45, 2.75) is 36.8 Å². The molecule has 1 fully saturated rings. The fourth-order valence-corrected chi connectivity index (χ4v) is 5.18. The predicted octanol–water partition coefficient (Wildman–Crippen LogP) is 2.10. The lowest BCUT2D eigenvalue weighted by atomic mass is 9.92. The molecule has 2 aliphatic heterocycles. The van der Waals surface area contributed by atoms with E-state index in [4.69, 9.17) is 4.74 Å². The molecule has 0 amide bonds. The van der Waals surface area contributed by atoms with Gasteiger partial charge in [-0.2, -0.15) is 4.31 Å². The molecule has 2 aromatic rings. The van der Waals surface area contributed by atoms with Gasteiger partial charge in [-0.15, -0.1) is 0 Å². The maximum atomic E-state index is 13.3. The highest BCUT2D eigenvalue weighted by Crippen LogP contribution is 2.37. The molecule has 1 spiro atoms. The average Bonchev–Trinajstić information content (AvgIpc) is 2.71. The van der Waals surface area contributed by atoms with E-state index in [1.807, 2.05) is 31.2 Å². The van der Waals surface area contributed by atoms with E-state index in [0.717, 1.165) is 37.1 Å². The van der Waals surface area contributed by atoms with Crippen LogP contribution in [-0.2, 0) is 16.6 Å². The van der Waals surface area contributed by atoms with Crippen molar-refractivity contribution in [3.05, 3.63) is 53.7 Å². The molecule has 0 bridgehead atoms. The number of nitrogens with zero attached hydrogens (tertiary/aromatic N) is 2. The Bertz CT molecular complexity index is 891. The standard InChI is InChI=1S/C19H23N3O3S/c1-15-4-6-16(7-5-15)13-22-14-19(8-11-20-12-9-19)25-18-17(26(22,23)24)3-2-10-21-18/h2-7,10,20H,8-9,11-14H2,1H3. The maximum absolute atomic E-state index is 13.3. The Morgan fingerprint density at radius 2 is 1.92 bits per heavy atom. The Morgan fingerprint density at radius 3 is 2.65 bits per heavy atom. The number of fused-ring (bicyclic) bond motifs is 1. The largest absolute Gasteiger partial charge is 0.469 e. The molecule has 7 heteroatoms. The number of nitrogens with one attached hydrogen (secondary N) is 1. The minimum absolute atomic E-state index is 0.155. The third-order valence-corrected chi connectivity index (χ3v) is 6.93. The molecule has 4 rings (SSSR count). The van der Waals surface area contributed by atoms with Gasteiger partial charge in [-0.25, -0.2) is 13.4 Å². The molecular formula is C19H23N3O3S. The van der Waals surface area contributed by atoms with Crippen LogP contribution in [0.5, 0.6) is 5.88 Å². The van der Waals surface area contributed by atoms with E-state index in [9.17, 15) is 8.42 Å². The van der Waals surface area contributed by atoms with E-state index < -0.39 is 15.6 Å². The van der Waals surface area contributed by atoms with Gasteiger partial charge in [0, 0.05) is 25.6 Å². The first kappa shape index (κ1) is 17.5. The van der Waals surface area contributed by atoms with Gasteiger partial charge in [0.25, 0.3) is 0 Å². The minimum atomic E-state index is -3.68. The van der Waals surface area contributed by atoms with Crippen LogP contribution in [0, 0.1) is 6.92 Å². The number of sulfonamides is 1. The van der Waals surface area contributed by atoms with Gasteiger partial charge in [-0.3, -0.25) is 0 Å². The van der Waals surface area contributed by atoms with Crippen LogP contribution < -0.4 is 10.1 Å². The second-order valence-electron chi connectivity index (χ2n) is 7.10. The molecule has 138 valence electrons. The van der Waals surface area contributed by atoms with Crippen LogP contribution in [0.25, 0.3) is 0 Å². The molecule has 1 saturated heterocycles. The lowest BCUT2D eigenvalue weighted by Gasteiger charge is -2.38. The van der Waals surface area contributed by atoms with Crippen molar-refractivity contribution < 1.29 is 13.2 Å². The second-order valence-corrected chi connectivity index (χ2v) is 9.01. The van der Waals surface area contributed by atoms with Crippen molar-refractivity contribution in [1.82, 2.24) is 14.6 Å². The van der Waals surface area contributed by atoms with Crippen molar-refractivity contribution in [2.24, 2.45) is 0 Å². The van der Waals surface area contributed by atoms with Gasteiger partial charge >= 0.3 is 0 Å². The molecule has 0 aliphatic carbocycles. The molecule has 26 heavy (non-hydrogen) atoms. The molecule has 0 unspecified atom stereocenters. The van der Waals surface area contributed by atoms with Crippen molar-refractivity contribution in [3.8, 4) is 5.88 Å². The highest BCUT2D eigenvalue weighted by molar-refractivity contribution is 7.89. The summed E-state index contributed by atoms with van der Waals surface area (Å²) in [5.41, 5.74) is 1.58. The normalized spacial score (nSPS) is 21.6. The number of piperidine rings is 1. The van der Waals surface area contributed by atoms with Crippen LogP contribution in [-0.4, -0.2) is 42.9 Å². The highest BCUT2D eigenvalue weighted by atomic mass is 32.2. The van der Waals surface area contributed by atoms with E-state index in [0.29, 0.717) is 13.1 Å². The van der Waals surface area contributed by atoms with Gasteiger partial charge < -0.3 is 10.1 Å². The molecule has 0 atom stereocenters. The van der Waals surface area contributed by atoms with E-state index in [2.05, 4.69) is 10.3 Å². The Labute approximate surface area is 154 Å². The molecule has 6 nitrogen and oxygen atoms in total. The Hall–Kier alpha value is -1.96. The quantitative estimate of drug-likeness (QED) is 0.873. The summed E-state index contributed by atoms with van der Waals surface area (Å²) in [4.78, 5) is 4.38. The number of ether oxygens (including phenoxy) is 1. The third-order valence-electron chi connectivity index (χ3n) is 5.13. The van der Waals surface area contributed by atoms with E-state index in [1.165, 1.54) is 0 Å². The summed E-state index contributed by atoms with van der Waals surface area (Å²) in [6.45, 7) is 4.30. The van der Waals surface area contributed by atoms with Crippen molar-refractivity contribution >= 4 is 10.0 Å². The van der Waals surface area contributed by atoms with E-state index in [1.54, 1.807) is 22.6 Å². The molecule has 1 aromatic heterocycles. The number of hydrogen-bond donors (Lipinski definition) is 1. The Kier molecular flexibility index (Phi) is 4.46. The van der Waals surface area contributed by atoms with E-state index >= 15 is 0 Å². The first-order valence-corrected chi connectivity index (χ1v) is 10.3. The zero-order chi connectivity index (χ0) is 18.2. The topological polar surface area (TPSA) is 71.5 Å². The molecule has 0 radical (unpaired) electrons. The zero-order valence-corrected chi connectivity index (χ0v) is 15.6. The van der Waals surface area contributed by atoms with Crippen LogP contribution in [0.1, 0.15) is 24.0 Å². The first-order valence-electron chi connectivity index (χ1n) is 8.89. The molecule has 0 saturated carbocycles. The van der Waals surface area contributed by atoms with Crippen LogP contribution in [0.15, 0.2) is 47.5 Å². The molecular weight excluding hydrogens is 350 g/mol. The van der Waals surface area contributed by atoms with Crippen LogP contribution in [0.3, 0.4) is 0 Å². The van der Waals surface area contributed by atoms with Crippen LogP contribution >= 0.6 is 0 Å². The zero-order valence-electron chi connectivity index (χ0n) is 14.8. The fraction of sp³-hybridized carbons (Fsp3) is 0.421. The van der Waals surface area contributed by atoms with Gasteiger partial charge in [-0.05, 0) is 37.7 Å². The van der Waals surface area contributed by atoms with Crippen molar-refractivity contribution in [3.63, 3.8) is 0 Å². The highest BCUT2D eigenvalue weighted by Gasteiger charge is 2.44. The number of pyridine rings is 1. The van der Waals surface area contributed by atoms with Gasteiger partial charge in [0.2, 0.25) is 15.9 Å². The summed E-state index contributed by atoms with van der Waals surface area (Å²) < 4.78 is 34.4. The lowest BCUT2D eigenvalue weighted by molar-refractivity contribution is 0.0171. The maximum Gasteiger partial charge on any atom is 0.248 e. The molecule has 2 aliphatic rings. The average molecular weight is 373 g/mol. The summed E-state index contributed by atoms with van der Waals surface area (Å²) in [6, 6.07) is 11.2. The summed E-state index contributed by atoms with van der Waals surface area (Å²) >= 11 is 0. The summed E-state index contributed by atoms with van der Waals surface area (Å²) in [5, 5.41) is 3.32. The van der Waals surface area contributed by atoms with Gasteiger partial charge in [-0.1, -0.05) is 29.8 Å². The Morgan fingerprint density at radius 1 is 1.19 bits per heavy atom. The van der Waals surface area contributed by atoms with Crippen LogP contribution in [0.4, 0.5) is 0 Å². The molecule has 1 N–H and O–H groups in total. The summed E-state index contributed by atoms with van der Waals surface area (Å²) in [5.74, 6) is 0.223. The second kappa shape index (κ2) is 6.64. The minimum Gasteiger partial charge on any atom is -0.469 e. The number of benzene rings is 1. The Balaban J connectivity index is 1.76. The monoisotopic (exact) mass is 373 g/mol. The fourth-order valence-electron chi connectivity index (χ4n) is 3.61. The predicted molar refractivity (Wildman–Crippen MR) is 98.5 cm³/mol. The SMILES string of the molecule is Cc1ccc(CN2CC3(CCNCC3)Oc3ncccc3S2(=O)=O)cc1. The number of aromatic nitrogens is 1. The van der Waals surface area contributed by atoms with Crippen molar-refractivity contribution in [1.29, 1.82) is 0 Å². The van der Waals surface area contributed by atoms with Gasteiger partial charge in [0.15, 0.2) is 0 Å². The van der Waals surface area contributed by atoms with Gasteiger partial charge in [0.1, 0.15) is 10.5 Å². The third kappa shape index (κ3) is 3.22. The first-order chi connectivity index (χ1) is 12.5. The summed E-state index contributed by atoms with van der Waals surface area (Å²) in [7, 11) is -3.68. The van der Waals surface area contributed by atoms with E-state index in [-0.39, 0.29) is 10.8 Å². The van der Waals surface area contributed by atoms with Gasteiger partial charge in [0.05, 0.1) is 6.54 Å². The lowest BCUT2D eigenvalue weighted by Crippen LogP contribution is -2.53. The summed E-state index contributed by atoms with van der Waals surface area (Å²) in [6.07, 6.45) is 3.09.